The molecule has 0 radical (unpaired) electrons. The monoisotopic (exact) mass is 275 g/mol. The van der Waals surface area contributed by atoms with Crippen LogP contribution >= 0.6 is 0 Å². The van der Waals surface area contributed by atoms with Crippen LogP contribution in [0.15, 0.2) is 18.3 Å². The number of carboxylic acids is 1. The first kappa shape index (κ1) is 13.4. The number of hydrogen-bond acceptors (Lipinski definition) is 4. The van der Waals surface area contributed by atoms with Crippen molar-refractivity contribution in [2.75, 3.05) is 12.4 Å². The molecule has 20 heavy (non-hydrogen) atoms. The first-order valence-corrected chi connectivity index (χ1v) is 7.31. The summed E-state index contributed by atoms with van der Waals surface area (Å²) in [7, 11) is 2.24. The molecule has 108 valence electrons. The zero-order valence-corrected chi connectivity index (χ0v) is 11.7. The molecule has 1 aromatic heterocycles. The highest BCUT2D eigenvalue weighted by molar-refractivity contribution is 5.86. The zero-order valence-electron chi connectivity index (χ0n) is 11.7. The van der Waals surface area contributed by atoms with E-state index < -0.39 is 5.97 Å². The van der Waals surface area contributed by atoms with Gasteiger partial charge in [-0.2, -0.15) is 0 Å². The number of nitrogens with one attached hydrogen (secondary N) is 1. The molecule has 2 unspecified atom stereocenters. The number of carbonyl (C=O) groups is 1. The van der Waals surface area contributed by atoms with Crippen LogP contribution in [0.3, 0.4) is 0 Å². The van der Waals surface area contributed by atoms with Crippen LogP contribution in [0.2, 0.25) is 0 Å². The van der Waals surface area contributed by atoms with Crippen LogP contribution in [0.5, 0.6) is 0 Å². The summed E-state index contributed by atoms with van der Waals surface area (Å²) in [6, 6.07) is 5.24. The third kappa shape index (κ3) is 2.63. The summed E-state index contributed by atoms with van der Waals surface area (Å²) in [4.78, 5) is 17.3. The fourth-order valence-corrected chi connectivity index (χ4v) is 3.61. The van der Waals surface area contributed by atoms with Crippen molar-refractivity contribution in [3.63, 3.8) is 0 Å². The highest BCUT2D eigenvalue weighted by Crippen LogP contribution is 2.33. The third-order valence-corrected chi connectivity index (χ3v) is 4.69. The van der Waals surface area contributed by atoms with Gasteiger partial charge in [0.25, 0.3) is 0 Å². The van der Waals surface area contributed by atoms with E-state index in [2.05, 4.69) is 22.2 Å². The van der Waals surface area contributed by atoms with Crippen molar-refractivity contribution in [1.29, 1.82) is 0 Å². The number of aromatic carboxylic acids is 1. The molecule has 5 nitrogen and oxygen atoms in total. The van der Waals surface area contributed by atoms with Gasteiger partial charge in [-0.05, 0) is 44.9 Å². The zero-order chi connectivity index (χ0) is 14.1. The van der Waals surface area contributed by atoms with Crippen LogP contribution in [-0.4, -0.2) is 46.1 Å². The Morgan fingerprint density at radius 1 is 1.40 bits per heavy atom. The van der Waals surface area contributed by atoms with Gasteiger partial charge in [0.2, 0.25) is 0 Å². The highest BCUT2D eigenvalue weighted by Gasteiger charge is 2.35. The Morgan fingerprint density at radius 3 is 2.75 bits per heavy atom. The SMILES string of the molecule is CN1C2CCCC1CC(Nc1ccnc(C(=O)O)c1)C2. The molecule has 3 heterocycles. The van der Waals surface area contributed by atoms with Gasteiger partial charge in [0, 0.05) is 30.0 Å². The Hall–Kier alpha value is -1.62. The van der Waals surface area contributed by atoms with Crippen molar-refractivity contribution in [3.8, 4) is 0 Å². The number of carboxylic acid groups (broad SMARTS) is 1. The lowest BCUT2D eigenvalue weighted by Crippen LogP contribution is -2.52. The van der Waals surface area contributed by atoms with E-state index in [0.29, 0.717) is 18.1 Å². The second-order valence-electron chi connectivity index (χ2n) is 5.95. The van der Waals surface area contributed by atoms with Crippen molar-refractivity contribution in [2.24, 2.45) is 0 Å². The van der Waals surface area contributed by atoms with Gasteiger partial charge in [-0.3, -0.25) is 0 Å². The van der Waals surface area contributed by atoms with E-state index >= 15 is 0 Å². The lowest BCUT2D eigenvalue weighted by Gasteiger charge is -2.47. The number of rotatable bonds is 3. The van der Waals surface area contributed by atoms with Crippen LogP contribution in [-0.2, 0) is 0 Å². The molecule has 0 aromatic carbocycles. The molecule has 2 saturated heterocycles. The summed E-state index contributed by atoms with van der Waals surface area (Å²) in [5.41, 5.74) is 0.966. The molecule has 5 heteroatoms. The molecule has 2 atom stereocenters. The summed E-state index contributed by atoms with van der Waals surface area (Å²) in [5, 5.41) is 12.5. The van der Waals surface area contributed by atoms with Crippen LogP contribution in [0.4, 0.5) is 5.69 Å². The molecule has 0 saturated carbocycles. The molecule has 0 spiro atoms. The van der Waals surface area contributed by atoms with Crippen LogP contribution in [0.1, 0.15) is 42.6 Å². The molecule has 0 amide bonds. The maximum atomic E-state index is 11.0. The number of anilines is 1. The summed E-state index contributed by atoms with van der Waals surface area (Å²) in [6.45, 7) is 0. The van der Waals surface area contributed by atoms with E-state index in [1.54, 1.807) is 12.3 Å². The fraction of sp³-hybridized carbons (Fsp3) is 0.600. The molecule has 1 aromatic rings. The van der Waals surface area contributed by atoms with Crippen LogP contribution < -0.4 is 5.32 Å². The van der Waals surface area contributed by atoms with Crippen LogP contribution in [0, 0.1) is 0 Å². The van der Waals surface area contributed by atoms with E-state index in [1.807, 2.05) is 6.07 Å². The third-order valence-electron chi connectivity index (χ3n) is 4.69. The van der Waals surface area contributed by atoms with Gasteiger partial charge >= 0.3 is 5.97 Å². The average molecular weight is 275 g/mol. The van der Waals surface area contributed by atoms with Crippen LogP contribution in [0.25, 0.3) is 0 Å². The van der Waals surface area contributed by atoms with Gasteiger partial charge in [-0.15, -0.1) is 0 Å². The quantitative estimate of drug-likeness (QED) is 0.885. The van der Waals surface area contributed by atoms with Gasteiger partial charge in [0.15, 0.2) is 0 Å². The minimum atomic E-state index is -0.978. The minimum absolute atomic E-state index is 0.100. The highest BCUT2D eigenvalue weighted by atomic mass is 16.4. The predicted molar refractivity (Wildman–Crippen MR) is 77.0 cm³/mol. The van der Waals surface area contributed by atoms with Crippen molar-refractivity contribution in [2.45, 2.75) is 50.2 Å². The molecule has 2 fully saturated rings. The average Bonchev–Trinajstić information content (AvgIpc) is 2.40. The largest absolute Gasteiger partial charge is 0.477 e. The smallest absolute Gasteiger partial charge is 0.354 e. The number of fused-ring (bicyclic) bond motifs is 2. The van der Waals surface area contributed by atoms with Crippen molar-refractivity contribution >= 4 is 11.7 Å². The summed E-state index contributed by atoms with van der Waals surface area (Å²) >= 11 is 0. The van der Waals surface area contributed by atoms with Crippen molar-refractivity contribution in [3.05, 3.63) is 24.0 Å². The molecule has 0 aliphatic carbocycles. The minimum Gasteiger partial charge on any atom is -0.477 e. The Bertz CT molecular complexity index is 492. The van der Waals surface area contributed by atoms with Gasteiger partial charge in [-0.1, -0.05) is 6.42 Å². The maximum absolute atomic E-state index is 11.0. The summed E-state index contributed by atoms with van der Waals surface area (Å²) in [6.07, 6.45) is 7.73. The van der Waals surface area contributed by atoms with Gasteiger partial charge in [0.1, 0.15) is 5.69 Å². The second kappa shape index (κ2) is 5.40. The first-order valence-electron chi connectivity index (χ1n) is 7.31. The fourth-order valence-electron chi connectivity index (χ4n) is 3.61. The van der Waals surface area contributed by atoms with E-state index in [4.69, 9.17) is 5.11 Å². The standard InChI is InChI=1S/C15H21N3O2/c1-18-12-3-2-4-13(18)8-11(7-12)17-10-5-6-16-14(9-10)15(19)20/h5-6,9,11-13H,2-4,7-8H2,1H3,(H,16,17)(H,19,20). The lowest BCUT2D eigenvalue weighted by atomic mass is 9.82. The molecule has 2 bridgehead atoms. The lowest BCUT2D eigenvalue weighted by molar-refractivity contribution is 0.0608. The van der Waals surface area contributed by atoms with E-state index in [-0.39, 0.29) is 5.69 Å². The number of piperidine rings is 2. The van der Waals surface area contributed by atoms with Crippen molar-refractivity contribution in [1.82, 2.24) is 9.88 Å². The van der Waals surface area contributed by atoms with Crippen molar-refractivity contribution < 1.29 is 9.90 Å². The summed E-state index contributed by atoms with van der Waals surface area (Å²) < 4.78 is 0. The first-order chi connectivity index (χ1) is 9.63. The Balaban J connectivity index is 1.69. The maximum Gasteiger partial charge on any atom is 0.354 e. The number of pyridine rings is 1. The Labute approximate surface area is 119 Å². The molecule has 3 rings (SSSR count). The molecule has 2 aliphatic rings. The normalized spacial score (nSPS) is 29.9. The summed E-state index contributed by atoms with van der Waals surface area (Å²) in [5.74, 6) is -0.978. The van der Waals surface area contributed by atoms with Gasteiger partial charge in [0.05, 0.1) is 0 Å². The number of nitrogens with zero attached hydrogens (tertiary/aromatic N) is 2. The van der Waals surface area contributed by atoms with E-state index in [1.165, 1.54) is 19.3 Å². The molecule has 2 N–H and O–H groups in total. The van der Waals surface area contributed by atoms with Gasteiger partial charge in [-0.25, -0.2) is 9.78 Å². The topological polar surface area (TPSA) is 65.5 Å². The van der Waals surface area contributed by atoms with Gasteiger partial charge < -0.3 is 15.3 Å². The molecular formula is C15H21N3O2. The number of hydrogen-bond donors (Lipinski definition) is 2. The molecular weight excluding hydrogens is 254 g/mol. The number of aromatic nitrogens is 1. The second-order valence-corrected chi connectivity index (χ2v) is 5.95. The van der Waals surface area contributed by atoms with E-state index in [0.717, 1.165) is 18.5 Å². The molecule has 2 aliphatic heterocycles. The Kier molecular flexibility index (Phi) is 3.61. The predicted octanol–water partition coefficient (Wildman–Crippen LogP) is 2.21. The Morgan fingerprint density at radius 2 is 2.10 bits per heavy atom. The van der Waals surface area contributed by atoms with E-state index in [9.17, 15) is 4.79 Å².